The summed E-state index contributed by atoms with van der Waals surface area (Å²) < 4.78 is 7.84. The van der Waals surface area contributed by atoms with E-state index in [1.54, 1.807) is 12.3 Å². The van der Waals surface area contributed by atoms with Crippen LogP contribution in [0.1, 0.15) is 21.7 Å². The van der Waals surface area contributed by atoms with Gasteiger partial charge in [-0.05, 0) is 34.5 Å². The predicted molar refractivity (Wildman–Crippen MR) is 136 cm³/mol. The molecule has 6 aromatic rings. The summed E-state index contributed by atoms with van der Waals surface area (Å²) >= 11 is 0. The number of benzene rings is 4. The van der Waals surface area contributed by atoms with E-state index in [0.717, 1.165) is 28.4 Å². The smallest absolute Gasteiger partial charge is 0.307 e. The van der Waals surface area contributed by atoms with Crippen LogP contribution in [0.15, 0.2) is 113 Å². The molecule has 0 radical (unpaired) electrons. The lowest BCUT2D eigenvalue weighted by atomic mass is 10.0. The lowest BCUT2D eigenvalue weighted by Gasteiger charge is -2.09. The van der Waals surface area contributed by atoms with E-state index >= 15 is 0 Å². The summed E-state index contributed by atoms with van der Waals surface area (Å²) in [6.07, 6.45) is 3.76. The number of carbonyl (C=O) groups is 1. The summed E-state index contributed by atoms with van der Waals surface area (Å²) in [6.45, 7) is 0.737. The van der Waals surface area contributed by atoms with Gasteiger partial charge in [0, 0.05) is 34.6 Å². The Morgan fingerprint density at radius 1 is 0.853 bits per heavy atom. The molecular weight excluding hydrogens is 422 g/mol. The normalized spacial score (nSPS) is 11.6. The van der Waals surface area contributed by atoms with Gasteiger partial charge < -0.3 is 8.98 Å². The third-order valence-electron chi connectivity index (χ3n) is 6.06. The molecular formula is C29H21N3O2. The lowest BCUT2D eigenvalue weighted by molar-refractivity contribution is 0.0929. The van der Waals surface area contributed by atoms with Crippen LogP contribution in [0.3, 0.4) is 0 Å². The van der Waals surface area contributed by atoms with E-state index < -0.39 is 0 Å². The molecule has 0 saturated carbocycles. The van der Waals surface area contributed by atoms with Crippen molar-refractivity contribution in [2.45, 2.75) is 6.54 Å². The standard InChI is InChI=1S/C29H21N3O2/c33-29(28-16-21-9-2-6-15-27(21)34-28)31-30-17-23-19-32(26-14-5-4-13-25(23)26)18-22-11-7-10-20-8-1-3-12-24(20)22/h1-17,19H,18H2,(H,31,33)/b30-17+. The Bertz CT molecular complexity index is 1650. The van der Waals surface area contributed by atoms with Crippen LogP contribution in [0.2, 0.25) is 0 Å². The number of carbonyl (C=O) groups excluding carboxylic acids is 1. The minimum atomic E-state index is -0.382. The number of rotatable bonds is 5. The van der Waals surface area contributed by atoms with E-state index in [4.69, 9.17) is 4.42 Å². The van der Waals surface area contributed by atoms with Crippen LogP contribution in [0.5, 0.6) is 0 Å². The van der Waals surface area contributed by atoms with Crippen molar-refractivity contribution >= 4 is 44.8 Å². The lowest BCUT2D eigenvalue weighted by Crippen LogP contribution is -2.16. The summed E-state index contributed by atoms with van der Waals surface area (Å²) in [4.78, 5) is 12.5. The van der Waals surface area contributed by atoms with Gasteiger partial charge in [-0.25, -0.2) is 5.43 Å². The van der Waals surface area contributed by atoms with E-state index in [-0.39, 0.29) is 11.7 Å². The van der Waals surface area contributed by atoms with Crippen molar-refractivity contribution in [2.24, 2.45) is 5.10 Å². The van der Waals surface area contributed by atoms with Crippen molar-refractivity contribution in [3.63, 3.8) is 0 Å². The highest BCUT2D eigenvalue weighted by Crippen LogP contribution is 2.24. The molecule has 5 heteroatoms. The zero-order valence-corrected chi connectivity index (χ0v) is 18.3. The number of para-hydroxylation sites is 2. The SMILES string of the molecule is O=C(N/N=C/c1cn(Cc2cccc3ccccc23)c2ccccc12)c1cc2ccccc2o1. The van der Waals surface area contributed by atoms with E-state index in [0.29, 0.717) is 5.58 Å². The summed E-state index contributed by atoms with van der Waals surface area (Å²) in [6, 6.07) is 32.3. The maximum absolute atomic E-state index is 12.5. The molecule has 0 aliphatic heterocycles. The van der Waals surface area contributed by atoms with Gasteiger partial charge in [-0.3, -0.25) is 4.79 Å². The van der Waals surface area contributed by atoms with Crippen LogP contribution in [0.4, 0.5) is 0 Å². The van der Waals surface area contributed by atoms with Gasteiger partial charge in [0.1, 0.15) is 5.58 Å². The average molecular weight is 444 g/mol. The molecule has 2 heterocycles. The van der Waals surface area contributed by atoms with E-state index in [1.807, 2.05) is 36.4 Å². The Labute approximate surface area is 195 Å². The molecule has 2 aromatic heterocycles. The second kappa shape index (κ2) is 8.37. The Balaban J connectivity index is 1.28. The topological polar surface area (TPSA) is 59.5 Å². The zero-order valence-electron chi connectivity index (χ0n) is 18.3. The van der Waals surface area contributed by atoms with Crippen molar-refractivity contribution in [1.82, 2.24) is 9.99 Å². The van der Waals surface area contributed by atoms with Crippen LogP contribution in [-0.2, 0) is 6.54 Å². The van der Waals surface area contributed by atoms with Crippen molar-refractivity contribution in [2.75, 3.05) is 0 Å². The number of nitrogens with one attached hydrogen (secondary N) is 1. The fourth-order valence-corrected chi connectivity index (χ4v) is 4.43. The highest BCUT2D eigenvalue weighted by Gasteiger charge is 2.12. The minimum Gasteiger partial charge on any atom is -0.451 e. The van der Waals surface area contributed by atoms with Gasteiger partial charge in [0.15, 0.2) is 5.76 Å². The van der Waals surface area contributed by atoms with Gasteiger partial charge in [0.2, 0.25) is 0 Å². The summed E-state index contributed by atoms with van der Waals surface area (Å²) in [5, 5.41) is 8.64. The molecule has 0 aliphatic carbocycles. The first-order valence-corrected chi connectivity index (χ1v) is 11.1. The first-order valence-electron chi connectivity index (χ1n) is 11.1. The molecule has 0 unspecified atom stereocenters. The molecule has 4 aromatic carbocycles. The number of hydrogen-bond donors (Lipinski definition) is 1. The van der Waals surface area contributed by atoms with Crippen molar-refractivity contribution < 1.29 is 9.21 Å². The largest absolute Gasteiger partial charge is 0.451 e. The number of nitrogens with zero attached hydrogens (tertiary/aromatic N) is 2. The monoisotopic (exact) mass is 443 g/mol. The Hall–Kier alpha value is -4.64. The molecule has 0 bridgehead atoms. The Morgan fingerprint density at radius 2 is 1.59 bits per heavy atom. The van der Waals surface area contributed by atoms with Crippen LogP contribution in [0, 0.1) is 0 Å². The summed E-state index contributed by atoms with van der Waals surface area (Å²) in [5.74, 6) is -0.149. The molecule has 164 valence electrons. The van der Waals surface area contributed by atoms with E-state index in [2.05, 4.69) is 75.9 Å². The molecule has 0 aliphatic rings. The molecule has 1 amide bonds. The Kier molecular flexibility index (Phi) is 4.92. The molecule has 0 atom stereocenters. The minimum absolute atomic E-state index is 0.233. The summed E-state index contributed by atoms with van der Waals surface area (Å²) in [5.41, 5.74) is 6.55. The number of amides is 1. The molecule has 6 rings (SSSR count). The summed E-state index contributed by atoms with van der Waals surface area (Å²) in [7, 11) is 0. The van der Waals surface area contributed by atoms with Gasteiger partial charge in [0.25, 0.3) is 0 Å². The first-order chi connectivity index (χ1) is 16.8. The number of hydrazone groups is 1. The fraction of sp³-hybridized carbons (Fsp3) is 0.0345. The molecule has 0 spiro atoms. The number of hydrogen-bond acceptors (Lipinski definition) is 3. The van der Waals surface area contributed by atoms with Gasteiger partial charge >= 0.3 is 5.91 Å². The molecule has 1 N–H and O–H groups in total. The molecule has 0 saturated heterocycles. The fourth-order valence-electron chi connectivity index (χ4n) is 4.43. The molecule has 34 heavy (non-hydrogen) atoms. The average Bonchev–Trinajstić information content (AvgIpc) is 3.46. The number of furan rings is 1. The second-order valence-electron chi connectivity index (χ2n) is 8.22. The Morgan fingerprint density at radius 3 is 2.47 bits per heavy atom. The van der Waals surface area contributed by atoms with Crippen LogP contribution >= 0.6 is 0 Å². The van der Waals surface area contributed by atoms with Crippen LogP contribution in [-0.4, -0.2) is 16.7 Å². The van der Waals surface area contributed by atoms with E-state index in [9.17, 15) is 4.79 Å². The van der Waals surface area contributed by atoms with Gasteiger partial charge in [-0.1, -0.05) is 78.9 Å². The first kappa shape index (κ1) is 20.0. The van der Waals surface area contributed by atoms with Crippen LogP contribution < -0.4 is 5.43 Å². The quantitative estimate of drug-likeness (QED) is 0.249. The number of fused-ring (bicyclic) bond motifs is 3. The third-order valence-corrected chi connectivity index (χ3v) is 6.06. The predicted octanol–water partition coefficient (Wildman–Crippen LogP) is 6.35. The van der Waals surface area contributed by atoms with E-state index in [1.165, 1.54) is 16.3 Å². The van der Waals surface area contributed by atoms with Crippen molar-refractivity contribution in [3.05, 3.63) is 120 Å². The maximum Gasteiger partial charge on any atom is 0.307 e. The molecule has 0 fully saturated rings. The van der Waals surface area contributed by atoms with Crippen LogP contribution in [0.25, 0.3) is 32.6 Å². The second-order valence-corrected chi connectivity index (χ2v) is 8.22. The zero-order chi connectivity index (χ0) is 22.9. The highest BCUT2D eigenvalue weighted by molar-refractivity contribution is 6.01. The van der Waals surface area contributed by atoms with Gasteiger partial charge in [0.05, 0.1) is 6.21 Å². The van der Waals surface area contributed by atoms with Crippen molar-refractivity contribution in [3.8, 4) is 0 Å². The van der Waals surface area contributed by atoms with Gasteiger partial charge in [-0.15, -0.1) is 0 Å². The maximum atomic E-state index is 12.5. The third kappa shape index (κ3) is 3.63. The number of aromatic nitrogens is 1. The highest BCUT2D eigenvalue weighted by atomic mass is 16.3. The van der Waals surface area contributed by atoms with Crippen molar-refractivity contribution in [1.29, 1.82) is 0 Å². The van der Waals surface area contributed by atoms with Gasteiger partial charge in [-0.2, -0.15) is 5.10 Å². The molecule has 5 nitrogen and oxygen atoms in total.